The fraction of sp³-hybridized carbons (Fsp3) is 0.417. The molecule has 0 fully saturated rings. The van der Waals surface area contributed by atoms with Crippen LogP contribution >= 0.6 is 0 Å². The number of rotatable bonds is 3. The summed E-state index contributed by atoms with van der Waals surface area (Å²) in [7, 11) is 1.57. The predicted molar refractivity (Wildman–Crippen MR) is 56.6 cm³/mol. The van der Waals surface area contributed by atoms with Gasteiger partial charge < -0.3 is 9.84 Å². The number of hydrogen-bond donors (Lipinski definition) is 1. The summed E-state index contributed by atoms with van der Waals surface area (Å²) in [6.45, 7) is 0. The zero-order chi connectivity index (χ0) is 11.7. The van der Waals surface area contributed by atoms with Gasteiger partial charge in [0.25, 0.3) is 0 Å². The first-order chi connectivity index (χ1) is 7.63. The van der Waals surface area contributed by atoms with Crippen LogP contribution in [-0.2, 0) is 11.2 Å². The second kappa shape index (κ2) is 4.12. The largest absolute Gasteiger partial charge is 0.497 e. The number of fused-ring (bicyclic) bond motifs is 1. The van der Waals surface area contributed by atoms with E-state index < -0.39 is 18.1 Å². The standard InChI is InChI=1S/C12H13FO3/c1-16-8-3-5-9-7(6-8)2-4-10(9)11(13)12(14)15/h3,5-6,10-11H,2,4H2,1H3,(H,14,15). The molecule has 0 radical (unpaired) electrons. The van der Waals surface area contributed by atoms with Crippen molar-refractivity contribution in [3.05, 3.63) is 29.3 Å². The third-order valence-corrected chi connectivity index (χ3v) is 3.06. The molecule has 2 atom stereocenters. The maximum absolute atomic E-state index is 13.5. The fourth-order valence-electron chi connectivity index (χ4n) is 2.23. The average Bonchev–Trinajstić information content (AvgIpc) is 2.70. The minimum atomic E-state index is -1.81. The molecule has 3 nitrogen and oxygen atoms in total. The summed E-state index contributed by atoms with van der Waals surface area (Å²) < 4.78 is 18.5. The van der Waals surface area contributed by atoms with Gasteiger partial charge in [-0.1, -0.05) is 6.07 Å². The van der Waals surface area contributed by atoms with Crippen molar-refractivity contribution < 1.29 is 19.0 Å². The van der Waals surface area contributed by atoms with Crippen LogP contribution < -0.4 is 4.74 Å². The molecule has 0 aromatic heterocycles. The molecular weight excluding hydrogens is 211 g/mol. The number of ether oxygens (including phenoxy) is 1. The van der Waals surface area contributed by atoms with Crippen LogP contribution in [0.5, 0.6) is 5.75 Å². The van der Waals surface area contributed by atoms with Gasteiger partial charge in [0.1, 0.15) is 5.75 Å². The third-order valence-electron chi connectivity index (χ3n) is 3.06. The van der Waals surface area contributed by atoms with E-state index in [1.165, 1.54) is 0 Å². The van der Waals surface area contributed by atoms with E-state index in [1.807, 2.05) is 6.07 Å². The minimum Gasteiger partial charge on any atom is -0.497 e. The van der Waals surface area contributed by atoms with E-state index in [0.717, 1.165) is 16.9 Å². The number of hydrogen-bond acceptors (Lipinski definition) is 2. The molecule has 1 aliphatic rings. The number of aliphatic carboxylic acids is 1. The fourth-order valence-corrected chi connectivity index (χ4v) is 2.23. The van der Waals surface area contributed by atoms with Gasteiger partial charge >= 0.3 is 5.97 Å². The molecule has 86 valence electrons. The highest BCUT2D eigenvalue weighted by atomic mass is 19.1. The van der Waals surface area contributed by atoms with Crippen molar-refractivity contribution in [2.75, 3.05) is 7.11 Å². The quantitative estimate of drug-likeness (QED) is 0.855. The first-order valence-corrected chi connectivity index (χ1v) is 5.17. The lowest BCUT2D eigenvalue weighted by Gasteiger charge is -2.13. The van der Waals surface area contributed by atoms with Crippen molar-refractivity contribution >= 4 is 5.97 Å². The van der Waals surface area contributed by atoms with Gasteiger partial charge in [-0.05, 0) is 36.1 Å². The van der Waals surface area contributed by atoms with Gasteiger partial charge in [0.2, 0.25) is 6.17 Å². The third kappa shape index (κ3) is 1.75. The summed E-state index contributed by atoms with van der Waals surface area (Å²) in [6.07, 6.45) is -0.546. The molecule has 0 amide bonds. The second-order valence-electron chi connectivity index (χ2n) is 3.95. The molecule has 1 N–H and O–H groups in total. The molecule has 2 rings (SSSR count). The first kappa shape index (κ1) is 10.9. The molecule has 0 bridgehead atoms. The van der Waals surface area contributed by atoms with E-state index in [2.05, 4.69) is 0 Å². The molecule has 1 aromatic carbocycles. The summed E-state index contributed by atoms with van der Waals surface area (Å²) in [6, 6.07) is 5.36. The number of methoxy groups -OCH3 is 1. The summed E-state index contributed by atoms with van der Waals surface area (Å²) in [5.74, 6) is -1.17. The van der Waals surface area contributed by atoms with Gasteiger partial charge in [-0.15, -0.1) is 0 Å². The maximum atomic E-state index is 13.5. The van der Waals surface area contributed by atoms with Crippen LogP contribution in [0.3, 0.4) is 0 Å². The van der Waals surface area contributed by atoms with Gasteiger partial charge in [-0.3, -0.25) is 0 Å². The summed E-state index contributed by atoms with van der Waals surface area (Å²) in [5.41, 5.74) is 1.80. The average molecular weight is 224 g/mol. The zero-order valence-electron chi connectivity index (χ0n) is 8.94. The molecule has 16 heavy (non-hydrogen) atoms. The number of halogens is 1. The predicted octanol–water partition coefficient (Wildman–Crippen LogP) is 2.15. The Morgan fingerprint density at radius 2 is 2.38 bits per heavy atom. The van der Waals surface area contributed by atoms with Crippen LogP contribution in [-0.4, -0.2) is 24.4 Å². The Morgan fingerprint density at radius 3 is 3.00 bits per heavy atom. The van der Waals surface area contributed by atoms with Crippen molar-refractivity contribution in [2.45, 2.75) is 24.9 Å². The lowest BCUT2D eigenvalue weighted by Crippen LogP contribution is -2.21. The van der Waals surface area contributed by atoms with Gasteiger partial charge in [0.15, 0.2) is 0 Å². The number of carboxylic acid groups (broad SMARTS) is 1. The van der Waals surface area contributed by atoms with E-state index in [0.29, 0.717) is 12.8 Å². The molecule has 0 heterocycles. The molecule has 0 spiro atoms. The van der Waals surface area contributed by atoms with Crippen LogP contribution in [0.25, 0.3) is 0 Å². The van der Waals surface area contributed by atoms with E-state index in [4.69, 9.17) is 9.84 Å². The molecule has 2 unspecified atom stereocenters. The molecule has 0 saturated carbocycles. The highest BCUT2D eigenvalue weighted by molar-refractivity contribution is 5.74. The molecular formula is C12H13FO3. The van der Waals surface area contributed by atoms with E-state index >= 15 is 0 Å². The smallest absolute Gasteiger partial charge is 0.338 e. The van der Waals surface area contributed by atoms with Crippen LogP contribution in [0.2, 0.25) is 0 Å². The van der Waals surface area contributed by atoms with Crippen LogP contribution in [0.15, 0.2) is 18.2 Å². The Hall–Kier alpha value is -1.58. The molecule has 1 aromatic rings. The monoisotopic (exact) mass is 224 g/mol. The van der Waals surface area contributed by atoms with Gasteiger partial charge in [0, 0.05) is 5.92 Å². The lowest BCUT2D eigenvalue weighted by atomic mass is 9.96. The number of benzene rings is 1. The van der Waals surface area contributed by atoms with Gasteiger partial charge in [0.05, 0.1) is 7.11 Å². The summed E-state index contributed by atoms with van der Waals surface area (Å²) in [4.78, 5) is 10.6. The molecule has 0 aliphatic heterocycles. The summed E-state index contributed by atoms with van der Waals surface area (Å²) in [5, 5.41) is 8.67. The molecule has 4 heteroatoms. The van der Waals surface area contributed by atoms with Crippen molar-refractivity contribution in [1.82, 2.24) is 0 Å². The molecule has 0 saturated heterocycles. The van der Waals surface area contributed by atoms with Crippen molar-refractivity contribution in [3.63, 3.8) is 0 Å². The Balaban J connectivity index is 2.30. The van der Waals surface area contributed by atoms with Crippen molar-refractivity contribution in [3.8, 4) is 5.75 Å². The van der Waals surface area contributed by atoms with E-state index in [-0.39, 0.29) is 0 Å². The highest BCUT2D eigenvalue weighted by Crippen LogP contribution is 2.38. The normalized spacial score (nSPS) is 20.2. The second-order valence-corrected chi connectivity index (χ2v) is 3.95. The van der Waals surface area contributed by atoms with Crippen molar-refractivity contribution in [2.24, 2.45) is 0 Å². The van der Waals surface area contributed by atoms with Crippen LogP contribution in [0, 0.1) is 0 Å². The first-order valence-electron chi connectivity index (χ1n) is 5.17. The SMILES string of the molecule is COc1ccc2c(c1)CCC2C(F)C(=O)O. The Bertz CT molecular complexity index is 417. The maximum Gasteiger partial charge on any atom is 0.338 e. The van der Waals surface area contributed by atoms with Crippen LogP contribution in [0.4, 0.5) is 4.39 Å². The number of carboxylic acids is 1. The Kier molecular flexibility index (Phi) is 2.81. The Labute approximate surface area is 92.9 Å². The minimum absolute atomic E-state index is 0.515. The summed E-state index contributed by atoms with van der Waals surface area (Å²) >= 11 is 0. The number of carbonyl (C=O) groups is 1. The highest BCUT2D eigenvalue weighted by Gasteiger charge is 2.34. The number of alkyl halides is 1. The molecule has 1 aliphatic carbocycles. The van der Waals surface area contributed by atoms with Crippen LogP contribution in [0.1, 0.15) is 23.5 Å². The van der Waals surface area contributed by atoms with Gasteiger partial charge in [-0.2, -0.15) is 0 Å². The van der Waals surface area contributed by atoms with Crippen molar-refractivity contribution in [1.29, 1.82) is 0 Å². The zero-order valence-corrected chi connectivity index (χ0v) is 8.94. The van der Waals surface area contributed by atoms with E-state index in [9.17, 15) is 9.18 Å². The lowest BCUT2D eigenvalue weighted by molar-refractivity contribution is -0.143. The number of aryl methyl sites for hydroxylation is 1. The topological polar surface area (TPSA) is 46.5 Å². The van der Waals surface area contributed by atoms with Gasteiger partial charge in [-0.25, -0.2) is 9.18 Å². The Morgan fingerprint density at radius 1 is 1.62 bits per heavy atom. The van der Waals surface area contributed by atoms with E-state index in [1.54, 1.807) is 19.2 Å².